The van der Waals surface area contributed by atoms with Gasteiger partial charge in [-0.25, -0.2) is 0 Å². The van der Waals surface area contributed by atoms with Crippen molar-refractivity contribution in [3.8, 4) is 5.75 Å². The van der Waals surface area contributed by atoms with Gasteiger partial charge in [0, 0.05) is 13.1 Å². The molecule has 1 fully saturated rings. The van der Waals surface area contributed by atoms with Crippen LogP contribution in [0.4, 0.5) is 0 Å². The summed E-state index contributed by atoms with van der Waals surface area (Å²) in [5, 5.41) is 9.21. The first-order valence-corrected chi connectivity index (χ1v) is 4.81. The smallest absolute Gasteiger partial charge is 0.226 e. The van der Waals surface area contributed by atoms with Crippen LogP contribution in [0.5, 0.6) is 5.75 Å². The van der Waals surface area contributed by atoms with Crippen LogP contribution < -0.4 is 0 Å². The van der Waals surface area contributed by atoms with E-state index in [0.717, 1.165) is 25.1 Å². The van der Waals surface area contributed by atoms with Crippen molar-refractivity contribution in [2.75, 3.05) is 13.1 Å². The number of carbonyl (C=O) groups excluding carboxylic acids is 1. The molecule has 1 aliphatic heterocycles. The lowest BCUT2D eigenvalue weighted by Gasteiger charge is -2.30. The van der Waals surface area contributed by atoms with E-state index in [0.29, 0.717) is 6.42 Å². The van der Waals surface area contributed by atoms with E-state index >= 15 is 0 Å². The van der Waals surface area contributed by atoms with Crippen molar-refractivity contribution in [3.05, 3.63) is 29.8 Å². The number of carbonyl (C=O) groups is 1. The van der Waals surface area contributed by atoms with Crippen molar-refractivity contribution < 1.29 is 9.90 Å². The molecule has 1 amide bonds. The van der Waals surface area contributed by atoms with E-state index in [1.807, 2.05) is 11.0 Å². The van der Waals surface area contributed by atoms with Gasteiger partial charge in [0.05, 0.1) is 6.42 Å². The van der Waals surface area contributed by atoms with Gasteiger partial charge in [-0.2, -0.15) is 0 Å². The summed E-state index contributed by atoms with van der Waals surface area (Å²) in [6.45, 7) is 1.77. The molecule has 1 heterocycles. The monoisotopic (exact) mass is 191 g/mol. The minimum atomic E-state index is 0.154. The molecule has 1 N–H and O–H groups in total. The first-order valence-electron chi connectivity index (χ1n) is 4.81. The fraction of sp³-hybridized carbons (Fsp3) is 0.364. The van der Waals surface area contributed by atoms with E-state index in [1.165, 1.54) is 0 Å². The molecular weight excluding hydrogens is 178 g/mol. The van der Waals surface area contributed by atoms with Crippen molar-refractivity contribution in [3.63, 3.8) is 0 Å². The Morgan fingerprint density at radius 1 is 1.43 bits per heavy atom. The first kappa shape index (κ1) is 9.06. The maximum atomic E-state index is 11.6. The minimum Gasteiger partial charge on any atom is -0.508 e. The average molecular weight is 191 g/mol. The molecule has 0 bridgehead atoms. The fourth-order valence-electron chi connectivity index (χ4n) is 1.52. The highest BCUT2D eigenvalue weighted by atomic mass is 16.3. The molecule has 1 aromatic carbocycles. The summed E-state index contributed by atoms with van der Waals surface area (Å²) >= 11 is 0. The highest BCUT2D eigenvalue weighted by Gasteiger charge is 2.19. The highest BCUT2D eigenvalue weighted by Crippen LogP contribution is 2.14. The molecule has 1 aromatic rings. The van der Waals surface area contributed by atoms with Crippen molar-refractivity contribution in [2.24, 2.45) is 0 Å². The standard InChI is InChI=1S/C11H13NO2/c13-10-4-1-3-9(7-10)8-11(14)12-5-2-6-12/h1,3-4,7,13H,2,5-6,8H2. The Bertz CT molecular complexity index is 345. The number of hydrogen-bond donors (Lipinski definition) is 1. The van der Waals surface area contributed by atoms with Gasteiger partial charge in [-0.05, 0) is 24.1 Å². The Balaban J connectivity index is 1.99. The summed E-state index contributed by atoms with van der Waals surface area (Å²) in [6, 6.07) is 6.86. The molecule has 3 heteroatoms. The Labute approximate surface area is 83.0 Å². The summed E-state index contributed by atoms with van der Waals surface area (Å²) < 4.78 is 0. The summed E-state index contributed by atoms with van der Waals surface area (Å²) in [4.78, 5) is 13.4. The molecule has 2 rings (SSSR count). The molecule has 0 aromatic heterocycles. The largest absolute Gasteiger partial charge is 0.508 e. The normalized spacial score (nSPS) is 15.0. The van der Waals surface area contributed by atoms with E-state index in [-0.39, 0.29) is 11.7 Å². The topological polar surface area (TPSA) is 40.5 Å². The quantitative estimate of drug-likeness (QED) is 0.762. The maximum absolute atomic E-state index is 11.6. The molecule has 0 radical (unpaired) electrons. The molecule has 0 unspecified atom stereocenters. The van der Waals surface area contributed by atoms with Crippen LogP contribution in [0.2, 0.25) is 0 Å². The zero-order valence-corrected chi connectivity index (χ0v) is 7.94. The Hall–Kier alpha value is -1.51. The molecule has 0 aliphatic carbocycles. The van der Waals surface area contributed by atoms with Crippen molar-refractivity contribution in [1.29, 1.82) is 0 Å². The lowest BCUT2D eigenvalue weighted by atomic mass is 10.1. The van der Waals surface area contributed by atoms with E-state index < -0.39 is 0 Å². The second-order valence-corrected chi connectivity index (χ2v) is 3.58. The molecule has 3 nitrogen and oxygen atoms in total. The average Bonchev–Trinajstić information content (AvgIpc) is 1.99. The summed E-state index contributed by atoms with van der Waals surface area (Å²) in [5.41, 5.74) is 0.877. The summed E-state index contributed by atoms with van der Waals surface area (Å²) in [7, 11) is 0. The van der Waals surface area contributed by atoms with Crippen LogP contribution in [0.1, 0.15) is 12.0 Å². The van der Waals surface area contributed by atoms with Gasteiger partial charge in [-0.15, -0.1) is 0 Å². The van der Waals surface area contributed by atoms with Gasteiger partial charge in [-0.1, -0.05) is 12.1 Å². The molecule has 1 aliphatic rings. The van der Waals surface area contributed by atoms with Gasteiger partial charge in [0.1, 0.15) is 5.75 Å². The second-order valence-electron chi connectivity index (χ2n) is 3.58. The number of nitrogens with zero attached hydrogens (tertiary/aromatic N) is 1. The Morgan fingerprint density at radius 3 is 2.79 bits per heavy atom. The fourth-order valence-corrected chi connectivity index (χ4v) is 1.52. The van der Waals surface area contributed by atoms with Gasteiger partial charge in [0.25, 0.3) is 0 Å². The number of amides is 1. The minimum absolute atomic E-state index is 0.154. The summed E-state index contributed by atoms with van der Waals surface area (Å²) in [6.07, 6.45) is 1.51. The van der Waals surface area contributed by atoms with Crippen LogP contribution in [0.25, 0.3) is 0 Å². The molecule has 0 atom stereocenters. The second kappa shape index (κ2) is 3.70. The third kappa shape index (κ3) is 1.87. The van der Waals surface area contributed by atoms with Gasteiger partial charge in [0.15, 0.2) is 0 Å². The Morgan fingerprint density at radius 2 is 2.21 bits per heavy atom. The van der Waals surface area contributed by atoms with E-state index in [2.05, 4.69) is 0 Å². The van der Waals surface area contributed by atoms with Gasteiger partial charge in [0.2, 0.25) is 5.91 Å². The van der Waals surface area contributed by atoms with Crippen LogP contribution in [-0.2, 0) is 11.2 Å². The van der Waals surface area contributed by atoms with Gasteiger partial charge in [-0.3, -0.25) is 4.79 Å². The lowest BCUT2D eigenvalue weighted by Crippen LogP contribution is -2.42. The van der Waals surface area contributed by atoms with Crippen molar-refractivity contribution in [2.45, 2.75) is 12.8 Å². The van der Waals surface area contributed by atoms with Gasteiger partial charge < -0.3 is 10.0 Å². The van der Waals surface area contributed by atoms with E-state index in [4.69, 9.17) is 0 Å². The van der Waals surface area contributed by atoms with Crippen LogP contribution in [0.3, 0.4) is 0 Å². The SMILES string of the molecule is O=C(Cc1cccc(O)c1)N1CCC1. The third-order valence-corrected chi connectivity index (χ3v) is 2.47. The number of aromatic hydroxyl groups is 1. The molecule has 1 saturated heterocycles. The van der Waals surface area contributed by atoms with Crippen LogP contribution in [-0.4, -0.2) is 29.0 Å². The Kier molecular flexibility index (Phi) is 2.39. The molecule has 74 valence electrons. The number of phenols is 1. The van der Waals surface area contributed by atoms with Gasteiger partial charge >= 0.3 is 0 Å². The zero-order chi connectivity index (χ0) is 9.97. The maximum Gasteiger partial charge on any atom is 0.226 e. The van der Waals surface area contributed by atoms with Crippen molar-refractivity contribution in [1.82, 2.24) is 4.90 Å². The van der Waals surface area contributed by atoms with Crippen molar-refractivity contribution >= 4 is 5.91 Å². The van der Waals surface area contributed by atoms with E-state index in [9.17, 15) is 9.90 Å². The molecular formula is C11H13NO2. The summed E-state index contributed by atoms with van der Waals surface area (Å²) in [5.74, 6) is 0.376. The van der Waals surface area contributed by atoms with Crippen LogP contribution in [0, 0.1) is 0 Å². The third-order valence-electron chi connectivity index (χ3n) is 2.47. The number of benzene rings is 1. The highest BCUT2D eigenvalue weighted by molar-refractivity contribution is 5.79. The lowest BCUT2D eigenvalue weighted by molar-refractivity contribution is -0.133. The number of hydrogen-bond acceptors (Lipinski definition) is 2. The number of phenolic OH excluding ortho intramolecular Hbond substituents is 1. The molecule has 14 heavy (non-hydrogen) atoms. The predicted molar refractivity (Wildman–Crippen MR) is 53.0 cm³/mol. The first-order chi connectivity index (χ1) is 6.75. The number of rotatable bonds is 2. The van der Waals surface area contributed by atoms with Crippen LogP contribution in [0.15, 0.2) is 24.3 Å². The zero-order valence-electron chi connectivity index (χ0n) is 7.94. The molecule has 0 spiro atoms. The predicted octanol–water partition coefficient (Wildman–Crippen LogP) is 1.17. The van der Waals surface area contributed by atoms with Crippen LogP contribution >= 0.6 is 0 Å². The van der Waals surface area contributed by atoms with E-state index in [1.54, 1.807) is 18.2 Å². The number of likely N-dealkylation sites (tertiary alicyclic amines) is 1. The molecule has 0 saturated carbocycles.